The zero-order valence-electron chi connectivity index (χ0n) is 16.4. The number of aryl methyl sites for hydroxylation is 1. The summed E-state index contributed by atoms with van der Waals surface area (Å²) in [5, 5.41) is 4.58. The summed E-state index contributed by atoms with van der Waals surface area (Å²) in [6.07, 6.45) is 3.11. The van der Waals surface area contributed by atoms with Gasteiger partial charge in [-0.25, -0.2) is 0 Å². The van der Waals surface area contributed by atoms with Crippen molar-refractivity contribution in [2.75, 3.05) is 26.2 Å². The lowest BCUT2D eigenvalue weighted by Crippen LogP contribution is -2.38. The van der Waals surface area contributed by atoms with Gasteiger partial charge in [-0.3, -0.25) is 14.3 Å². The molecule has 146 valence electrons. The largest absolute Gasteiger partial charge is 0.459 e. The molecule has 0 atom stereocenters. The highest BCUT2D eigenvalue weighted by Crippen LogP contribution is 2.15. The Hall–Kier alpha value is -2.57. The van der Waals surface area contributed by atoms with Crippen LogP contribution in [0, 0.1) is 5.92 Å². The smallest absolute Gasteiger partial charge is 0.289 e. The van der Waals surface area contributed by atoms with Crippen molar-refractivity contribution in [3.05, 3.63) is 41.6 Å². The molecule has 0 N–H and O–H groups in total. The molecule has 0 radical (unpaired) electrons. The predicted octanol–water partition coefficient (Wildman–Crippen LogP) is 2.68. The van der Waals surface area contributed by atoms with Crippen LogP contribution in [0.25, 0.3) is 0 Å². The highest BCUT2D eigenvalue weighted by atomic mass is 16.3. The van der Waals surface area contributed by atoms with Gasteiger partial charge in [0.25, 0.3) is 11.8 Å². The van der Waals surface area contributed by atoms with Crippen LogP contribution in [-0.2, 0) is 13.0 Å². The van der Waals surface area contributed by atoms with Crippen LogP contribution in [0.5, 0.6) is 0 Å². The van der Waals surface area contributed by atoms with Crippen molar-refractivity contribution in [1.29, 1.82) is 0 Å². The van der Waals surface area contributed by atoms with Crippen molar-refractivity contribution in [1.82, 2.24) is 19.6 Å². The van der Waals surface area contributed by atoms with Crippen LogP contribution in [0.2, 0.25) is 0 Å². The second kappa shape index (κ2) is 8.41. The molecule has 2 aromatic rings. The summed E-state index contributed by atoms with van der Waals surface area (Å²) in [5.41, 5.74) is 1.60. The lowest BCUT2D eigenvalue weighted by Gasteiger charge is -2.21. The normalized spacial score (nSPS) is 15.3. The van der Waals surface area contributed by atoms with E-state index in [4.69, 9.17) is 4.42 Å². The summed E-state index contributed by atoms with van der Waals surface area (Å²) in [5.74, 6) is 0.712. The molecule has 1 aliphatic rings. The van der Waals surface area contributed by atoms with Gasteiger partial charge in [0.05, 0.1) is 12.0 Å². The lowest BCUT2D eigenvalue weighted by atomic mass is 10.1. The van der Waals surface area contributed by atoms with Crippen LogP contribution in [0.1, 0.15) is 53.9 Å². The Morgan fingerprint density at radius 3 is 2.44 bits per heavy atom. The fourth-order valence-electron chi connectivity index (χ4n) is 3.44. The summed E-state index contributed by atoms with van der Waals surface area (Å²) in [6, 6.07) is 5.30. The van der Waals surface area contributed by atoms with E-state index < -0.39 is 0 Å². The maximum atomic E-state index is 13.1. The van der Waals surface area contributed by atoms with Crippen LogP contribution in [-0.4, -0.2) is 57.6 Å². The van der Waals surface area contributed by atoms with Gasteiger partial charge >= 0.3 is 0 Å². The highest BCUT2D eigenvalue weighted by molar-refractivity contribution is 5.93. The number of rotatable bonds is 5. The zero-order chi connectivity index (χ0) is 19.4. The van der Waals surface area contributed by atoms with Gasteiger partial charge in [-0.15, -0.1) is 0 Å². The van der Waals surface area contributed by atoms with Gasteiger partial charge in [0, 0.05) is 32.7 Å². The van der Waals surface area contributed by atoms with Gasteiger partial charge in [-0.05, 0) is 43.9 Å². The Kier molecular flexibility index (Phi) is 5.98. The van der Waals surface area contributed by atoms with Crippen LogP contribution < -0.4 is 0 Å². The number of nitrogens with zero attached hydrogens (tertiary/aromatic N) is 4. The molecule has 0 spiro atoms. The number of hydrogen-bond acceptors (Lipinski definition) is 4. The molecule has 2 aromatic heterocycles. The molecular weight excluding hydrogens is 344 g/mol. The predicted molar refractivity (Wildman–Crippen MR) is 102 cm³/mol. The maximum Gasteiger partial charge on any atom is 0.289 e. The second-order valence-corrected chi connectivity index (χ2v) is 7.35. The van der Waals surface area contributed by atoms with Crippen LogP contribution in [0.15, 0.2) is 28.9 Å². The first-order chi connectivity index (χ1) is 13.0. The minimum atomic E-state index is -0.118. The minimum absolute atomic E-state index is 0.00773. The molecule has 0 saturated carbocycles. The molecule has 7 heteroatoms. The number of aromatic nitrogens is 2. The first-order valence-electron chi connectivity index (χ1n) is 9.68. The molecule has 3 heterocycles. The van der Waals surface area contributed by atoms with Gasteiger partial charge in [0.1, 0.15) is 5.69 Å². The van der Waals surface area contributed by atoms with Crippen LogP contribution in [0.3, 0.4) is 0 Å². The third-order valence-corrected chi connectivity index (χ3v) is 4.77. The first kappa shape index (κ1) is 19.2. The van der Waals surface area contributed by atoms with Crippen molar-refractivity contribution in [2.45, 2.75) is 40.2 Å². The number of hydrogen-bond donors (Lipinski definition) is 0. The monoisotopic (exact) mass is 372 g/mol. The maximum absolute atomic E-state index is 13.1. The molecule has 7 nitrogen and oxygen atoms in total. The summed E-state index contributed by atoms with van der Waals surface area (Å²) < 4.78 is 7.00. The number of carbonyl (C=O) groups is 2. The van der Waals surface area contributed by atoms with Crippen molar-refractivity contribution < 1.29 is 14.0 Å². The fraction of sp³-hybridized carbons (Fsp3) is 0.550. The molecular formula is C20H28N4O3. The van der Waals surface area contributed by atoms with E-state index in [1.54, 1.807) is 21.7 Å². The average Bonchev–Trinajstić information content (AvgIpc) is 3.24. The Morgan fingerprint density at radius 1 is 1.15 bits per heavy atom. The summed E-state index contributed by atoms with van der Waals surface area (Å²) in [7, 11) is 0. The summed E-state index contributed by atoms with van der Waals surface area (Å²) in [4.78, 5) is 29.1. The fourth-order valence-corrected chi connectivity index (χ4v) is 3.44. The topological polar surface area (TPSA) is 71.6 Å². The quantitative estimate of drug-likeness (QED) is 0.809. The highest BCUT2D eigenvalue weighted by Gasteiger charge is 2.26. The molecule has 0 aliphatic carbocycles. The van der Waals surface area contributed by atoms with Crippen molar-refractivity contribution >= 4 is 11.8 Å². The third kappa shape index (κ3) is 4.40. The van der Waals surface area contributed by atoms with E-state index in [0.717, 1.165) is 18.5 Å². The third-order valence-electron chi connectivity index (χ3n) is 4.77. The summed E-state index contributed by atoms with van der Waals surface area (Å²) >= 11 is 0. The Balaban J connectivity index is 1.69. The standard InChI is InChI=1S/C20H28N4O3/c1-4-24-17(14-16(21-24)13-15(2)3)19(25)22-8-6-9-23(11-10-22)20(26)18-7-5-12-27-18/h5,7,12,14-15H,4,6,8-11,13H2,1-3H3. The molecule has 0 bridgehead atoms. The minimum Gasteiger partial charge on any atom is -0.459 e. The van der Waals surface area contributed by atoms with E-state index >= 15 is 0 Å². The van der Waals surface area contributed by atoms with Crippen molar-refractivity contribution in [3.63, 3.8) is 0 Å². The van der Waals surface area contributed by atoms with E-state index in [-0.39, 0.29) is 11.8 Å². The van der Waals surface area contributed by atoms with Gasteiger partial charge in [-0.1, -0.05) is 13.8 Å². The van der Waals surface area contributed by atoms with E-state index in [0.29, 0.717) is 50.1 Å². The number of amides is 2. The Morgan fingerprint density at radius 2 is 1.85 bits per heavy atom. The number of furan rings is 1. The van der Waals surface area contributed by atoms with Gasteiger partial charge in [0.2, 0.25) is 0 Å². The van der Waals surface area contributed by atoms with Crippen molar-refractivity contribution in [2.24, 2.45) is 5.92 Å². The molecule has 1 fully saturated rings. The number of carbonyl (C=O) groups excluding carboxylic acids is 2. The Labute approximate surface area is 159 Å². The van der Waals surface area contributed by atoms with E-state index in [2.05, 4.69) is 18.9 Å². The summed E-state index contributed by atoms with van der Waals surface area (Å²) in [6.45, 7) is 9.22. The second-order valence-electron chi connectivity index (χ2n) is 7.35. The van der Waals surface area contributed by atoms with Crippen molar-refractivity contribution in [3.8, 4) is 0 Å². The SMILES string of the molecule is CCn1nc(CC(C)C)cc1C(=O)N1CCCN(C(=O)c2ccco2)CC1. The lowest BCUT2D eigenvalue weighted by molar-refractivity contribution is 0.0695. The van der Waals surface area contributed by atoms with Gasteiger partial charge < -0.3 is 14.2 Å². The zero-order valence-corrected chi connectivity index (χ0v) is 16.4. The molecule has 27 heavy (non-hydrogen) atoms. The molecule has 3 rings (SSSR count). The van der Waals surface area contributed by atoms with Gasteiger partial charge in [-0.2, -0.15) is 5.10 Å². The Bertz CT molecular complexity index is 779. The first-order valence-corrected chi connectivity index (χ1v) is 9.68. The molecule has 0 aromatic carbocycles. The van der Waals surface area contributed by atoms with E-state index in [9.17, 15) is 9.59 Å². The van der Waals surface area contributed by atoms with Gasteiger partial charge in [0.15, 0.2) is 5.76 Å². The molecule has 1 aliphatic heterocycles. The molecule has 1 saturated heterocycles. The van der Waals surface area contributed by atoms with E-state index in [1.807, 2.05) is 17.9 Å². The molecule has 0 unspecified atom stereocenters. The average molecular weight is 372 g/mol. The molecule has 2 amide bonds. The van der Waals surface area contributed by atoms with Crippen LogP contribution >= 0.6 is 0 Å². The van der Waals surface area contributed by atoms with E-state index in [1.165, 1.54) is 6.26 Å². The van der Waals surface area contributed by atoms with Crippen LogP contribution in [0.4, 0.5) is 0 Å².